The monoisotopic (exact) mass is 261 g/mol. The number of hydrogen-bond donors (Lipinski definition) is 2. The van der Waals surface area contributed by atoms with Crippen molar-refractivity contribution >= 4 is 16.2 Å². The highest BCUT2D eigenvalue weighted by molar-refractivity contribution is 7.84. The number of carbonyl (C=O) groups excluding carboxylic acids is 1. The molecule has 0 saturated carbocycles. The van der Waals surface area contributed by atoms with Crippen molar-refractivity contribution in [2.24, 2.45) is 5.73 Å². The Hall–Kier alpha value is -1.41. The van der Waals surface area contributed by atoms with Crippen LogP contribution in [0.1, 0.15) is 42.4 Å². The molecule has 0 aromatic carbocycles. The number of unbranched alkanes of at least 4 members (excludes halogenated alkanes) is 2. The van der Waals surface area contributed by atoms with Crippen LogP contribution in [-0.2, 0) is 16.7 Å². The Morgan fingerprint density at radius 2 is 2.18 bits per heavy atom. The molecule has 0 spiro atoms. The van der Waals surface area contributed by atoms with Gasteiger partial charge in [0.25, 0.3) is 5.91 Å². The molecule has 0 aliphatic heterocycles. The first-order valence-electron chi connectivity index (χ1n) is 5.22. The molecule has 17 heavy (non-hydrogen) atoms. The summed E-state index contributed by atoms with van der Waals surface area (Å²) in [7, 11) is -4.53. The third-order valence-corrected chi connectivity index (χ3v) is 3.09. The number of primary amides is 1. The summed E-state index contributed by atoms with van der Waals surface area (Å²) in [6.07, 6.45) is 4.05. The van der Waals surface area contributed by atoms with Gasteiger partial charge in [0.15, 0.2) is 0 Å². The van der Waals surface area contributed by atoms with Gasteiger partial charge in [0.05, 0.1) is 5.69 Å². The van der Waals surface area contributed by atoms with E-state index in [1.165, 1.54) is 0 Å². The quantitative estimate of drug-likeness (QED) is 0.567. The van der Waals surface area contributed by atoms with E-state index in [2.05, 4.69) is 4.98 Å². The van der Waals surface area contributed by atoms with Gasteiger partial charge in [-0.15, -0.1) is 0 Å². The third-order valence-electron chi connectivity index (χ3n) is 2.31. The first kappa shape index (κ1) is 13.7. The molecule has 1 heterocycles. The molecule has 1 rings (SSSR count). The number of carbonyl (C=O) groups is 1. The SMILES string of the molecule is CCCCCc1ncn(S(=O)(=O)O)c1C(N)=O. The highest BCUT2D eigenvalue weighted by Crippen LogP contribution is 2.13. The minimum absolute atomic E-state index is 0.274. The lowest BCUT2D eigenvalue weighted by molar-refractivity contribution is 0.0993. The van der Waals surface area contributed by atoms with Gasteiger partial charge in [-0.2, -0.15) is 12.4 Å². The number of rotatable bonds is 6. The van der Waals surface area contributed by atoms with Crippen molar-refractivity contribution < 1.29 is 17.8 Å². The summed E-state index contributed by atoms with van der Waals surface area (Å²) < 4.78 is 31.2. The van der Waals surface area contributed by atoms with Gasteiger partial charge in [-0.3, -0.25) is 9.35 Å². The van der Waals surface area contributed by atoms with Crippen LogP contribution in [0.3, 0.4) is 0 Å². The standard InChI is InChI=1S/C9H15N3O4S/c1-2-3-4-5-7-8(9(10)13)12(6-11-7)17(14,15)16/h6H,2-5H2,1H3,(H2,10,13)(H,14,15,16). The Kier molecular flexibility index (Phi) is 4.24. The van der Waals surface area contributed by atoms with Crippen molar-refractivity contribution in [3.8, 4) is 0 Å². The molecule has 0 aliphatic carbocycles. The molecular weight excluding hydrogens is 246 g/mol. The molecule has 0 saturated heterocycles. The largest absolute Gasteiger partial charge is 0.365 e. The van der Waals surface area contributed by atoms with Gasteiger partial charge >= 0.3 is 10.3 Å². The number of hydrogen-bond acceptors (Lipinski definition) is 4. The topological polar surface area (TPSA) is 115 Å². The summed E-state index contributed by atoms with van der Waals surface area (Å²) in [6, 6.07) is 0. The van der Waals surface area contributed by atoms with Crippen molar-refractivity contribution in [2.75, 3.05) is 0 Å². The number of imidazole rings is 1. The third kappa shape index (κ3) is 3.27. The van der Waals surface area contributed by atoms with Crippen molar-refractivity contribution in [2.45, 2.75) is 32.6 Å². The van der Waals surface area contributed by atoms with Crippen molar-refractivity contribution in [3.05, 3.63) is 17.7 Å². The Morgan fingerprint density at radius 3 is 2.65 bits per heavy atom. The van der Waals surface area contributed by atoms with Gasteiger partial charge < -0.3 is 5.73 Å². The predicted octanol–water partition coefficient (Wildman–Crippen LogP) is 0.366. The number of nitrogens with zero attached hydrogens (tertiary/aromatic N) is 2. The maximum Gasteiger partial charge on any atom is 0.365 e. The smallest absolute Gasteiger partial charge is 0.364 e. The van der Waals surface area contributed by atoms with Gasteiger partial charge in [0.2, 0.25) is 0 Å². The van der Waals surface area contributed by atoms with Crippen molar-refractivity contribution in [1.29, 1.82) is 0 Å². The minimum atomic E-state index is -4.53. The molecule has 1 aromatic rings. The fraction of sp³-hybridized carbons (Fsp3) is 0.556. The second-order valence-electron chi connectivity index (χ2n) is 3.63. The molecule has 96 valence electrons. The summed E-state index contributed by atoms with van der Waals surface area (Å²) in [6.45, 7) is 2.02. The average molecular weight is 261 g/mol. The number of aromatic nitrogens is 2. The highest BCUT2D eigenvalue weighted by atomic mass is 32.2. The molecule has 1 amide bonds. The van der Waals surface area contributed by atoms with E-state index in [4.69, 9.17) is 10.3 Å². The molecule has 0 radical (unpaired) electrons. The second kappa shape index (κ2) is 5.28. The Balaban J connectivity index is 3.08. The van der Waals surface area contributed by atoms with E-state index in [0.29, 0.717) is 16.1 Å². The fourth-order valence-electron chi connectivity index (χ4n) is 1.52. The van der Waals surface area contributed by atoms with Crippen LogP contribution in [0.4, 0.5) is 0 Å². The lowest BCUT2D eigenvalue weighted by atomic mass is 10.1. The Bertz CT molecular complexity index is 506. The number of nitrogens with two attached hydrogens (primary N) is 1. The minimum Gasteiger partial charge on any atom is -0.364 e. The van der Waals surface area contributed by atoms with E-state index >= 15 is 0 Å². The van der Waals surface area contributed by atoms with Crippen molar-refractivity contribution in [1.82, 2.24) is 8.96 Å². The number of aryl methyl sites for hydroxylation is 1. The lowest BCUT2D eigenvalue weighted by Gasteiger charge is -2.03. The van der Waals surface area contributed by atoms with Crippen LogP contribution in [0.15, 0.2) is 6.33 Å². The second-order valence-corrected chi connectivity index (χ2v) is 4.92. The van der Waals surface area contributed by atoms with E-state index in [1.54, 1.807) is 0 Å². The van der Waals surface area contributed by atoms with Gasteiger partial charge in [-0.05, 0) is 12.8 Å². The maximum atomic E-state index is 11.2. The first-order valence-corrected chi connectivity index (χ1v) is 6.61. The van der Waals surface area contributed by atoms with Crippen LogP contribution in [0, 0.1) is 0 Å². The zero-order chi connectivity index (χ0) is 13.1. The van der Waals surface area contributed by atoms with E-state index in [-0.39, 0.29) is 5.69 Å². The van der Waals surface area contributed by atoms with Crippen LogP contribution in [-0.4, -0.2) is 27.8 Å². The Morgan fingerprint density at radius 1 is 1.53 bits per heavy atom. The summed E-state index contributed by atoms with van der Waals surface area (Å²) in [5, 5.41) is 0. The van der Waals surface area contributed by atoms with E-state index < -0.39 is 16.2 Å². The van der Waals surface area contributed by atoms with Crippen molar-refractivity contribution in [3.63, 3.8) is 0 Å². The molecule has 3 N–H and O–H groups in total. The Labute approximate surface area is 99.5 Å². The summed E-state index contributed by atoms with van der Waals surface area (Å²) >= 11 is 0. The van der Waals surface area contributed by atoms with Crippen LogP contribution in [0.25, 0.3) is 0 Å². The van der Waals surface area contributed by atoms with Gasteiger partial charge in [-0.25, -0.2) is 4.98 Å². The van der Waals surface area contributed by atoms with E-state index in [0.717, 1.165) is 25.6 Å². The summed E-state index contributed by atoms with van der Waals surface area (Å²) in [4.78, 5) is 15.0. The lowest BCUT2D eigenvalue weighted by Crippen LogP contribution is -2.22. The van der Waals surface area contributed by atoms with E-state index in [1.807, 2.05) is 6.92 Å². The normalized spacial score (nSPS) is 11.6. The fourth-order valence-corrected chi connectivity index (χ4v) is 2.11. The summed E-state index contributed by atoms with van der Waals surface area (Å²) in [5.41, 5.74) is 5.11. The molecule has 0 bridgehead atoms. The summed E-state index contributed by atoms with van der Waals surface area (Å²) in [5.74, 6) is -0.924. The van der Waals surface area contributed by atoms with Gasteiger partial charge in [0.1, 0.15) is 12.0 Å². The first-order chi connectivity index (χ1) is 7.88. The molecule has 0 aliphatic rings. The predicted molar refractivity (Wildman–Crippen MR) is 60.9 cm³/mol. The zero-order valence-electron chi connectivity index (χ0n) is 9.46. The van der Waals surface area contributed by atoms with Crippen LogP contribution in [0.2, 0.25) is 0 Å². The molecule has 0 unspecified atom stereocenters. The van der Waals surface area contributed by atoms with E-state index in [9.17, 15) is 13.2 Å². The molecular formula is C9H15N3O4S. The average Bonchev–Trinajstić information content (AvgIpc) is 2.61. The van der Waals surface area contributed by atoms with Gasteiger partial charge in [0, 0.05) is 0 Å². The highest BCUT2D eigenvalue weighted by Gasteiger charge is 2.22. The zero-order valence-corrected chi connectivity index (χ0v) is 10.3. The van der Waals surface area contributed by atoms with Crippen LogP contribution >= 0.6 is 0 Å². The molecule has 0 atom stereocenters. The van der Waals surface area contributed by atoms with Crippen LogP contribution in [0.5, 0.6) is 0 Å². The molecule has 1 aromatic heterocycles. The molecule has 8 heteroatoms. The van der Waals surface area contributed by atoms with Gasteiger partial charge in [-0.1, -0.05) is 19.8 Å². The van der Waals surface area contributed by atoms with Crippen LogP contribution < -0.4 is 5.73 Å². The maximum absolute atomic E-state index is 11.2. The molecule has 0 fully saturated rings. The molecule has 7 nitrogen and oxygen atoms in total. The number of amides is 1.